The molecule has 1 aromatic rings. The van der Waals surface area contributed by atoms with Gasteiger partial charge in [-0.1, -0.05) is 17.7 Å². The Kier molecular flexibility index (Phi) is 4.39. The predicted octanol–water partition coefficient (Wildman–Crippen LogP) is 1.90. The Balaban J connectivity index is 2.70. The molecule has 0 bridgehead atoms. The van der Waals surface area contributed by atoms with Crippen LogP contribution in [-0.2, 0) is 6.42 Å². The van der Waals surface area contributed by atoms with Gasteiger partial charge >= 0.3 is 0 Å². The van der Waals surface area contributed by atoms with Crippen LogP contribution >= 0.6 is 11.6 Å². The zero-order valence-electron chi connectivity index (χ0n) is 8.33. The van der Waals surface area contributed by atoms with E-state index in [-0.39, 0.29) is 6.10 Å². The lowest BCUT2D eigenvalue weighted by Crippen LogP contribution is -2.16. The summed E-state index contributed by atoms with van der Waals surface area (Å²) in [6.07, 6.45) is 0.896. The Morgan fingerprint density at radius 2 is 2.21 bits per heavy atom. The SMILES string of the molecule is Cc1ccc(Cl)cc1CC(O)CCN. The van der Waals surface area contributed by atoms with Crippen molar-refractivity contribution in [2.75, 3.05) is 6.54 Å². The van der Waals surface area contributed by atoms with Crippen LogP contribution in [0.15, 0.2) is 18.2 Å². The largest absolute Gasteiger partial charge is 0.393 e. The minimum atomic E-state index is -0.364. The fourth-order valence-electron chi connectivity index (χ4n) is 1.41. The quantitative estimate of drug-likeness (QED) is 0.803. The van der Waals surface area contributed by atoms with E-state index in [1.807, 2.05) is 25.1 Å². The molecule has 0 spiro atoms. The van der Waals surface area contributed by atoms with Crippen molar-refractivity contribution in [2.24, 2.45) is 5.73 Å². The topological polar surface area (TPSA) is 46.2 Å². The maximum atomic E-state index is 9.59. The van der Waals surface area contributed by atoms with Crippen LogP contribution in [0.5, 0.6) is 0 Å². The molecule has 0 aliphatic carbocycles. The van der Waals surface area contributed by atoms with Gasteiger partial charge in [0.2, 0.25) is 0 Å². The molecule has 1 rings (SSSR count). The molecular weight excluding hydrogens is 198 g/mol. The Morgan fingerprint density at radius 3 is 2.86 bits per heavy atom. The molecule has 0 aromatic heterocycles. The van der Waals surface area contributed by atoms with Crippen molar-refractivity contribution in [1.82, 2.24) is 0 Å². The Hall–Kier alpha value is -0.570. The molecule has 1 atom stereocenters. The second-order valence-electron chi connectivity index (χ2n) is 3.51. The molecule has 3 heteroatoms. The zero-order chi connectivity index (χ0) is 10.6. The summed E-state index contributed by atoms with van der Waals surface area (Å²) in [6, 6.07) is 5.72. The van der Waals surface area contributed by atoms with Crippen molar-refractivity contribution in [3.63, 3.8) is 0 Å². The highest BCUT2D eigenvalue weighted by atomic mass is 35.5. The summed E-state index contributed by atoms with van der Waals surface area (Å²) in [6.45, 7) is 2.53. The minimum Gasteiger partial charge on any atom is -0.393 e. The van der Waals surface area contributed by atoms with Crippen LogP contribution in [0.25, 0.3) is 0 Å². The molecule has 78 valence electrons. The number of halogens is 1. The molecule has 0 saturated carbocycles. The molecule has 1 unspecified atom stereocenters. The summed E-state index contributed by atoms with van der Waals surface area (Å²) >= 11 is 5.87. The first-order valence-electron chi connectivity index (χ1n) is 4.76. The predicted molar refractivity (Wildman–Crippen MR) is 59.6 cm³/mol. The van der Waals surface area contributed by atoms with Crippen molar-refractivity contribution in [3.8, 4) is 0 Å². The molecule has 1 aromatic carbocycles. The lowest BCUT2D eigenvalue weighted by Gasteiger charge is -2.11. The van der Waals surface area contributed by atoms with Gasteiger partial charge in [0, 0.05) is 5.02 Å². The van der Waals surface area contributed by atoms with Gasteiger partial charge in [0.25, 0.3) is 0 Å². The highest BCUT2D eigenvalue weighted by Crippen LogP contribution is 2.17. The van der Waals surface area contributed by atoms with E-state index in [1.165, 1.54) is 0 Å². The molecule has 0 heterocycles. The highest BCUT2D eigenvalue weighted by Gasteiger charge is 2.06. The molecule has 0 saturated heterocycles. The van der Waals surface area contributed by atoms with Crippen molar-refractivity contribution in [3.05, 3.63) is 34.3 Å². The van der Waals surface area contributed by atoms with Gasteiger partial charge in [-0.2, -0.15) is 0 Å². The first kappa shape index (κ1) is 11.5. The van der Waals surface area contributed by atoms with Crippen LogP contribution < -0.4 is 5.73 Å². The molecule has 0 aliphatic rings. The summed E-state index contributed by atoms with van der Waals surface area (Å²) in [5.41, 5.74) is 7.62. The lowest BCUT2D eigenvalue weighted by atomic mass is 10.0. The minimum absolute atomic E-state index is 0.364. The third-order valence-corrected chi connectivity index (χ3v) is 2.50. The summed E-state index contributed by atoms with van der Waals surface area (Å²) < 4.78 is 0. The zero-order valence-corrected chi connectivity index (χ0v) is 9.09. The smallest absolute Gasteiger partial charge is 0.0592 e. The van der Waals surface area contributed by atoms with Crippen LogP contribution in [0.1, 0.15) is 17.5 Å². The lowest BCUT2D eigenvalue weighted by molar-refractivity contribution is 0.167. The standard InChI is InChI=1S/C11H16ClNO/c1-8-2-3-10(12)6-9(8)7-11(14)4-5-13/h2-3,6,11,14H,4-5,7,13H2,1H3. The fourth-order valence-corrected chi connectivity index (χ4v) is 1.60. The number of hydrogen-bond donors (Lipinski definition) is 2. The van der Waals surface area contributed by atoms with Crippen LogP contribution in [0.3, 0.4) is 0 Å². The van der Waals surface area contributed by atoms with Crippen molar-refractivity contribution >= 4 is 11.6 Å². The normalized spacial score (nSPS) is 12.9. The molecule has 0 aliphatic heterocycles. The highest BCUT2D eigenvalue weighted by molar-refractivity contribution is 6.30. The number of nitrogens with two attached hydrogens (primary N) is 1. The van der Waals surface area contributed by atoms with E-state index in [2.05, 4.69) is 0 Å². The fraction of sp³-hybridized carbons (Fsp3) is 0.455. The van der Waals surface area contributed by atoms with E-state index in [9.17, 15) is 5.11 Å². The van der Waals surface area contributed by atoms with E-state index < -0.39 is 0 Å². The van der Waals surface area contributed by atoms with Gasteiger partial charge in [0.1, 0.15) is 0 Å². The molecular formula is C11H16ClNO. The van der Waals surface area contributed by atoms with Gasteiger partial charge in [0.05, 0.1) is 6.10 Å². The second-order valence-corrected chi connectivity index (χ2v) is 3.94. The van der Waals surface area contributed by atoms with Crippen LogP contribution in [-0.4, -0.2) is 17.8 Å². The molecule has 2 nitrogen and oxygen atoms in total. The average molecular weight is 214 g/mol. The Morgan fingerprint density at radius 1 is 1.50 bits per heavy atom. The molecule has 0 amide bonds. The van der Waals surface area contributed by atoms with Crippen LogP contribution in [0.2, 0.25) is 5.02 Å². The number of benzene rings is 1. The third-order valence-electron chi connectivity index (χ3n) is 2.27. The molecule has 0 fully saturated rings. The number of aliphatic hydroxyl groups excluding tert-OH is 1. The van der Waals surface area contributed by atoms with E-state index >= 15 is 0 Å². The number of aryl methyl sites for hydroxylation is 1. The Labute approximate surface area is 89.7 Å². The van der Waals surface area contributed by atoms with Crippen molar-refractivity contribution in [2.45, 2.75) is 25.9 Å². The van der Waals surface area contributed by atoms with E-state index in [1.54, 1.807) is 0 Å². The number of aliphatic hydroxyl groups is 1. The molecule has 3 N–H and O–H groups in total. The van der Waals surface area contributed by atoms with Crippen molar-refractivity contribution in [1.29, 1.82) is 0 Å². The summed E-state index contributed by atoms with van der Waals surface area (Å²) in [7, 11) is 0. The first-order valence-corrected chi connectivity index (χ1v) is 5.14. The molecule has 0 radical (unpaired) electrons. The van der Waals surface area contributed by atoms with E-state index in [0.29, 0.717) is 24.4 Å². The van der Waals surface area contributed by atoms with Gasteiger partial charge in [-0.25, -0.2) is 0 Å². The number of hydrogen-bond acceptors (Lipinski definition) is 2. The van der Waals surface area contributed by atoms with Crippen LogP contribution in [0, 0.1) is 6.92 Å². The number of rotatable bonds is 4. The van der Waals surface area contributed by atoms with Crippen molar-refractivity contribution < 1.29 is 5.11 Å². The van der Waals surface area contributed by atoms with Gasteiger partial charge < -0.3 is 10.8 Å². The van der Waals surface area contributed by atoms with Gasteiger partial charge in [-0.3, -0.25) is 0 Å². The Bertz CT molecular complexity index is 301. The average Bonchev–Trinajstić information content (AvgIpc) is 2.12. The second kappa shape index (κ2) is 5.35. The molecule has 14 heavy (non-hydrogen) atoms. The van der Waals surface area contributed by atoms with E-state index in [4.69, 9.17) is 17.3 Å². The monoisotopic (exact) mass is 213 g/mol. The third kappa shape index (κ3) is 3.29. The summed E-state index contributed by atoms with van der Waals surface area (Å²) in [5.74, 6) is 0. The summed E-state index contributed by atoms with van der Waals surface area (Å²) in [4.78, 5) is 0. The first-order chi connectivity index (χ1) is 6.63. The van der Waals surface area contributed by atoms with Gasteiger partial charge in [-0.15, -0.1) is 0 Å². The maximum absolute atomic E-state index is 9.59. The van der Waals surface area contributed by atoms with E-state index in [0.717, 1.165) is 11.1 Å². The maximum Gasteiger partial charge on any atom is 0.0592 e. The van der Waals surface area contributed by atoms with Gasteiger partial charge in [0.15, 0.2) is 0 Å². The van der Waals surface area contributed by atoms with Crippen LogP contribution in [0.4, 0.5) is 0 Å². The summed E-state index contributed by atoms with van der Waals surface area (Å²) in [5, 5.41) is 10.3. The van der Waals surface area contributed by atoms with Gasteiger partial charge in [-0.05, 0) is 49.6 Å².